The van der Waals surface area contributed by atoms with E-state index in [9.17, 15) is 19.6 Å². The molecule has 32 heavy (non-hydrogen) atoms. The Kier molecular flexibility index (Phi) is 5.85. The molecule has 9 nitrogen and oxygen atoms in total. The average molecular weight is 454 g/mol. The molecule has 0 saturated heterocycles. The average Bonchev–Trinajstić information content (AvgIpc) is 2.79. The summed E-state index contributed by atoms with van der Waals surface area (Å²) < 4.78 is 2.51. The van der Waals surface area contributed by atoms with Crippen molar-refractivity contribution in [2.24, 2.45) is 7.05 Å². The van der Waals surface area contributed by atoms with Gasteiger partial charge < -0.3 is 5.32 Å². The molecule has 0 fully saturated rings. The first kappa shape index (κ1) is 21.4. The molecule has 0 atom stereocenters. The minimum absolute atomic E-state index is 0.0633. The predicted molar refractivity (Wildman–Crippen MR) is 120 cm³/mol. The van der Waals surface area contributed by atoms with Gasteiger partial charge in [0.15, 0.2) is 0 Å². The van der Waals surface area contributed by atoms with Crippen LogP contribution in [0.3, 0.4) is 0 Å². The third-order valence-electron chi connectivity index (χ3n) is 5.11. The number of aryl methyl sites for hydroxylation is 1. The smallest absolute Gasteiger partial charge is 0.331 e. The standard InChI is InChI=1S/C22H20ClN5O4/c1-26-19-6-5-16(20(29)24-11-15-7-8-28(32)25-12-15)10-18(19)21(30)27(22(26)31)13-14-3-2-4-17(23)9-14/h2-10,12,25,32H,11,13H2,1H3,(H,24,29). The lowest BCUT2D eigenvalue weighted by molar-refractivity contribution is -0.0763. The maximum Gasteiger partial charge on any atom is 0.331 e. The fraction of sp³-hybridized carbons (Fsp3) is 0.136. The van der Waals surface area contributed by atoms with Gasteiger partial charge in [0.1, 0.15) is 0 Å². The van der Waals surface area contributed by atoms with E-state index in [-0.39, 0.29) is 24.4 Å². The molecule has 1 aliphatic heterocycles. The molecule has 4 rings (SSSR count). The first-order chi connectivity index (χ1) is 15.3. The molecule has 0 bridgehead atoms. The summed E-state index contributed by atoms with van der Waals surface area (Å²) in [5.74, 6) is -0.373. The van der Waals surface area contributed by atoms with Crippen molar-refractivity contribution >= 4 is 28.4 Å². The van der Waals surface area contributed by atoms with Crippen LogP contribution in [0.1, 0.15) is 15.9 Å². The van der Waals surface area contributed by atoms with Crippen LogP contribution in [0.2, 0.25) is 5.02 Å². The third-order valence-corrected chi connectivity index (χ3v) is 5.34. The number of halogens is 1. The molecule has 2 heterocycles. The highest BCUT2D eigenvalue weighted by molar-refractivity contribution is 6.30. The summed E-state index contributed by atoms with van der Waals surface area (Å²) in [6, 6.07) is 11.6. The number of aromatic nitrogens is 2. The molecule has 1 amide bonds. The molecule has 3 N–H and O–H groups in total. The van der Waals surface area contributed by atoms with Crippen LogP contribution < -0.4 is 22.0 Å². The summed E-state index contributed by atoms with van der Waals surface area (Å²) in [5.41, 5.74) is 3.82. The number of carbonyl (C=O) groups is 1. The lowest BCUT2D eigenvalue weighted by Crippen LogP contribution is -2.39. The van der Waals surface area contributed by atoms with Crippen LogP contribution in [0.25, 0.3) is 10.9 Å². The van der Waals surface area contributed by atoms with E-state index in [0.29, 0.717) is 21.7 Å². The SMILES string of the molecule is Cn1c(=O)n(Cc2cccc(Cl)c2)c(=O)c2cc(C(=O)NCC3=CNN(O)C=C3)ccc21. The van der Waals surface area contributed by atoms with Crippen molar-refractivity contribution in [1.29, 1.82) is 0 Å². The quantitative estimate of drug-likeness (QED) is 0.543. The molecule has 3 aromatic rings. The van der Waals surface area contributed by atoms with Crippen molar-refractivity contribution in [2.45, 2.75) is 6.54 Å². The molecular weight excluding hydrogens is 434 g/mol. The number of hydrogen-bond acceptors (Lipinski definition) is 6. The zero-order valence-electron chi connectivity index (χ0n) is 17.1. The first-order valence-corrected chi connectivity index (χ1v) is 10.1. The van der Waals surface area contributed by atoms with Crippen molar-refractivity contribution in [3.63, 3.8) is 0 Å². The Hall–Kier alpha value is -3.82. The number of nitrogens with zero attached hydrogens (tertiary/aromatic N) is 3. The fourth-order valence-corrected chi connectivity index (χ4v) is 3.63. The van der Waals surface area contributed by atoms with Gasteiger partial charge in [-0.2, -0.15) is 5.17 Å². The van der Waals surface area contributed by atoms with Gasteiger partial charge in [-0.1, -0.05) is 23.7 Å². The van der Waals surface area contributed by atoms with E-state index in [4.69, 9.17) is 11.6 Å². The van der Waals surface area contributed by atoms with Crippen molar-refractivity contribution in [1.82, 2.24) is 25.0 Å². The summed E-state index contributed by atoms with van der Waals surface area (Å²) in [6.45, 7) is 0.286. The Morgan fingerprint density at radius 1 is 1.19 bits per heavy atom. The lowest BCUT2D eigenvalue weighted by atomic mass is 10.1. The molecule has 0 spiro atoms. The third kappa shape index (κ3) is 4.29. The van der Waals surface area contributed by atoms with Crippen LogP contribution in [-0.4, -0.2) is 32.0 Å². The number of amides is 1. The van der Waals surface area contributed by atoms with Crippen LogP contribution in [0.5, 0.6) is 0 Å². The van der Waals surface area contributed by atoms with Crippen molar-refractivity contribution < 1.29 is 10.0 Å². The zero-order chi connectivity index (χ0) is 22.8. The monoisotopic (exact) mass is 453 g/mol. The second-order valence-electron chi connectivity index (χ2n) is 7.29. The summed E-state index contributed by atoms with van der Waals surface area (Å²) >= 11 is 6.02. The molecule has 2 aromatic carbocycles. The van der Waals surface area contributed by atoms with Gasteiger partial charge in [0, 0.05) is 30.4 Å². The molecule has 0 saturated carbocycles. The second-order valence-corrected chi connectivity index (χ2v) is 7.72. The van der Waals surface area contributed by atoms with Crippen molar-refractivity contribution in [3.8, 4) is 0 Å². The summed E-state index contributed by atoms with van der Waals surface area (Å²) in [4.78, 5) is 38.6. The van der Waals surface area contributed by atoms with E-state index >= 15 is 0 Å². The number of carbonyl (C=O) groups excluding carboxylic acids is 1. The van der Waals surface area contributed by atoms with Gasteiger partial charge in [0.2, 0.25) is 0 Å². The molecule has 164 valence electrons. The summed E-state index contributed by atoms with van der Waals surface area (Å²) in [7, 11) is 1.58. The number of hydrogen-bond donors (Lipinski definition) is 3. The van der Waals surface area contributed by atoms with Gasteiger partial charge in [-0.25, -0.2) is 4.79 Å². The fourth-order valence-electron chi connectivity index (χ4n) is 3.42. The van der Waals surface area contributed by atoms with Gasteiger partial charge >= 0.3 is 5.69 Å². The maximum atomic E-state index is 13.1. The molecule has 1 aromatic heterocycles. The number of hydrazine groups is 1. The summed E-state index contributed by atoms with van der Waals surface area (Å²) in [6.07, 6.45) is 4.59. The van der Waals surface area contributed by atoms with Crippen LogP contribution in [0.4, 0.5) is 0 Å². The predicted octanol–water partition coefficient (Wildman–Crippen LogP) is 1.74. The molecular formula is C22H20ClN5O4. The first-order valence-electron chi connectivity index (χ1n) is 9.71. The van der Waals surface area contributed by atoms with Gasteiger partial charge in [0.05, 0.1) is 23.6 Å². The number of benzene rings is 2. The van der Waals surface area contributed by atoms with Crippen molar-refractivity contribution in [2.75, 3.05) is 6.54 Å². The highest BCUT2D eigenvalue weighted by Crippen LogP contribution is 2.14. The van der Waals surface area contributed by atoms with Crippen LogP contribution in [-0.2, 0) is 13.6 Å². The Morgan fingerprint density at radius 3 is 2.72 bits per heavy atom. The number of nitrogens with one attached hydrogen (secondary N) is 2. The summed E-state index contributed by atoms with van der Waals surface area (Å²) in [5, 5.41) is 13.5. The van der Waals surface area contributed by atoms with E-state index in [1.165, 1.54) is 16.8 Å². The van der Waals surface area contributed by atoms with E-state index < -0.39 is 11.2 Å². The Morgan fingerprint density at radius 2 is 2.00 bits per heavy atom. The minimum atomic E-state index is -0.483. The van der Waals surface area contributed by atoms with Gasteiger partial charge in [-0.15, -0.1) is 0 Å². The van der Waals surface area contributed by atoms with Gasteiger partial charge in [-0.05, 0) is 47.5 Å². The maximum absolute atomic E-state index is 13.1. The second kappa shape index (κ2) is 8.74. The Bertz CT molecular complexity index is 1390. The molecule has 0 radical (unpaired) electrons. The highest BCUT2D eigenvalue weighted by Gasteiger charge is 2.15. The normalized spacial score (nSPS) is 13.1. The van der Waals surface area contributed by atoms with E-state index in [1.807, 2.05) is 0 Å². The number of hydroxylamine groups is 1. The molecule has 0 unspecified atom stereocenters. The van der Waals surface area contributed by atoms with E-state index in [2.05, 4.69) is 10.7 Å². The van der Waals surface area contributed by atoms with Crippen LogP contribution in [0.15, 0.2) is 76.1 Å². The minimum Gasteiger partial charge on any atom is -0.348 e. The largest absolute Gasteiger partial charge is 0.348 e. The molecule has 0 aliphatic carbocycles. The molecule has 10 heteroatoms. The van der Waals surface area contributed by atoms with E-state index in [0.717, 1.165) is 15.3 Å². The van der Waals surface area contributed by atoms with Gasteiger partial charge in [-0.3, -0.25) is 29.4 Å². The Labute approximate surface area is 187 Å². The van der Waals surface area contributed by atoms with Crippen LogP contribution in [0, 0.1) is 0 Å². The highest BCUT2D eigenvalue weighted by atomic mass is 35.5. The molecule has 1 aliphatic rings. The van der Waals surface area contributed by atoms with Gasteiger partial charge in [0.25, 0.3) is 11.5 Å². The lowest BCUT2D eigenvalue weighted by Gasteiger charge is -2.17. The Balaban J connectivity index is 1.65. The number of fused-ring (bicyclic) bond motifs is 1. The number of rotatable bonds is 5. The zero-order valence-corrected chi connectivity index (χ0v) is 17.8. The van der Waals surface area contributed by atoms with Crippen molar-refractivity contribution in [3.05, 3.63) is 104 Å². The topological polar surface area (TPSA) is 109 Å². The van der Waals surface area contributed by atoms with Crippen LogP contribution >= 0.6 is 11.6 Å². The van der Waals surface area contributed by atoms with E-state index in [1.54, 1.807) is 55.7 Å².